The number of halogens is 6. The van der Waals surface area contributed by atoms with E-state index in [9.17, 15) is 26.7 Å². The summed E-state index contributed by atoms with van der Waals surface area (Å²) in [7, 11) is 0. The number of nitrogens with one attached hydrogen (secondary N) is 1. The van der Waals surface area contributed by atoms with E-state index >= 15 is 0 Å². The minimum Gasteiger partial charge on any atom is -0.324 e. The molecule has 16 heavy (non-hydrogen) atoms. The van der Waals surface area contributed by atoms with Crippen molar-refractivity contribution in [3.8, 4) is 0 Å². The number of rotatable bonds is 2. The fourth-order valence-corrected chi connectivity index (χ4v) is 1.42. The number of pyridine rings is 1. The lowest BCUT2D eigenvalue weighted by Crippen LogP contribution is -2.19. The molecule has 1 aromatic rings. The van der Waals surface area contributed by atoms with Gasteiger partial charge in [0.05, 0.1) is 17.0 Å². The Balaban J connectivity index is 3.58. The van der Waals surface area contributed by atoms with Crippen molar-refractivity contribution in [2.24, 2.45) is 0 Å². The summed E-state index contributed by atoms with van der Waals surface area (Å²) in [6.45, 7) is 0. The Labute approximate surface area is 91.0 Å². The van der Waals surface area contributed by atoms with Gasteiger partial charge in [0, 0.05) is 11.8 Å². The third-order valence-corrected chi connectivity index (χ3v) is 2.09. The summed E-state index contributed by atoms with van der Waals surface area (Å²) in [5.74, 6) is -0.626. The van der Waals surface area contributed by atoms with Crippen LogP contribution < -0.4 is 5.56 Å². The second-order valence-electron chi connectivity index (χ2n) is 2.87. The largest absolute Gasteiger partial charge is 0.417 e. The van der Waals surface area contributed by atoms with Gasteiger partial charge in [-0.05, 0) is 0 Å². The maximum absolute atomic E-state index is 12.5. The van der Waals surface area contributed by atoms with E-state index in [4.69, 9.17) is 11.6 Å². The molecule has 0 spiro atoms. The molecule has 0 atom stereocenters. The molecule has 1 aromatic heterocycles. The highest BCUT2D eigenvalue weighted by molar-refractivity contribution is 6.17. The van der Waals surface area contributed by atoms with Gasteiger partial charge in [-0.25, -0.2) is 8.78 Å². The van der Waals surface area contributed by atoms with Crippen LogP contribution in [0.2, 0.25) is 0 Å². The molecule has 0 saturated carbocycles. The van der Waals surface area contributed by atoms with Crippen molar-refractivity contribution < 1.29 is 22.0 Å². The smallest absolute Gasteiger partial charge is 0.324 e. The molecule has 0 amide bonds. The quantitative estimate of drug-likeness (QED) is 0.644. The predicted molar refractivity (Wildman–Crippen MR) is 46.6 cm³/mol. The molecule has 1 N–H and O–H groups in total. The van der Waals surface area contributed by atoms with Crippen molar-refractivity contribution in [1.29, 1.82) is 0 Å². The van der Waals surface area contributed by atoms with Gasteiger partial charge in [0.2, 0.25) is 5.56 Å². The summed E-state index contributed by atoms with van der Waals surface area (Å²) in [5.41, 5.74) is -4.66. The van der Waals surface area contributed by atoms with E-state index in [-0.39, 0.29) is 6.07 Å². The standard InChI is InChI=1S/C8H5ClF5NO/c9-2-4-6(7(10)11)3(8(12,13)14)1-5(16)15-4/h1,7H,2H2,(H,15,16). The first-order valence-corrected chi connectivity index (χ1v) is 4.48. The average Bonchev–Trinajstić information content (AvgIpc) is 2.14. The van der Waals surface area contributed by atoms with Crippen molar-refractivity contribution in [1.82, 2.24) is 4.98 Å². The van der Waals surface area contributed by atoms with Gasteiger partial charge < -0.3 is 4.98 Å². The van der Waals surface area contributed by atoms with Crippen LogP contribution in [0.5, 0.6) is 0 Å². The van der Waals surface area contributed by atoms with Crippen molar-refractivity contribution in [3.05, 3.63) is 33.2 Å². The van der Waals surface area contributed by atoms with E-state index < -0.39 is 40.9 Å². The minimum atomic E-state index is -5.01. The van der Waals surface area contributed by atoms with Crippen LogP contribution in [0.1, 0.15) is 23.2 Å². The molecule has 0 radical (unpaired) electrons. The molecule has 0 aromatic carbocycles. The molecule has 0 bridgehead atoms. The van der Waals surface area contributed by atoms with E-state index in [1.54, 1.807) is 0 Å². The molecule has 2 nitrogen and oxygen atoms in total. The Bertz CT molecular complexity index is 439. The molecular formula is C8H5ClF5NO. The Hall–Kier alpha value is -1.11. The summed E-state index contributed by atoms with van der Waals surface area (Å²) in [4.78, 5) is 12.7. The van der Waals surface area contributed by atoms with Crippen LogP contribution in [-0.4, -0.2) is 4.98 Å². The highest BCUT2D eigenvalue weighted by atomic mass is 35.5. The zero-order valence-electron chi connectivity index (χ0n) is 7.54. The van der Waals surface area contributed by atoms with Crippen LogP contribution in [0.15, 0.2) is 10.9 Å². The van der Waals surface area contributed by atoms with Crippen molar-refractivity contribution in [3.63, 3.8) is 0 Å². The lowest BCUT2D eigenvalue weighted by molar-refractivity contribution is -0.139. The molecule has 90 valence electrons. The number of aromatic nitrogens is 1. The lowest BCUT2D eigenvalue weighted by Gasteiger charge is -2.14. The van der Waals surface area contributed by atoms with Gasteiger partial charge in [-0.2, -0.15) is 13.2 Å². The maximum atomic E-state index is 12.5. The van der Waals surface area contributed by atoms with Gasteiger partial charge in [0.1, 0.15) is 0 Å². The topological polar surface area (TPSA) is 32.9 Å². The van der Waals surface area contributed by atoms with Gasteiger partial charge in [-0.15, -0.1) is 11.6 Å². The molecule has 0 aliphatic carbocycles. The first-order chi connectivity index (χ1) is 7.27. The maximum Gasteiger partial charge on any atom is 0.417 e. The normalized spacial score (nSPS) is 12.2. The third-order valence-electron chi connectivity index (χ3n) is 1.82. The zero-order valence-corrected chi connectivity index (χ0v) is 8.29. The molecule has 0 fully saturated rings. The average molecular weight is 262 g/mol. The van der Waals surface area contributed by atoms with Crippen molar-refractivity contribution in [2.75, 3.05) is 0 Å². The molecule has 1 rings (SSSR count). The number of H-pyrrole nitrogens is 1. The first kappa shape index (κ1) is 13.0. The lowest BCUT2D eigenvalue weighted by atomic mass is 10.1. The van der Waals surface area contributed by atoms with Crippen LogP contribution in [0.3, 0.4) is 0 Å². The Kier molecular flexibility index (Phi) is 3.57. The van der Waals surface area contributed by atoms with E-state index in [2.05, 4.69) is 0 Å². The summed E-state index contributed by atoms with van der Waals surface area (Å²) in [6.07, 6.45) is -8.37. The second kappa shape index (κ2) is 4.40. The fraction of sp³-hybridized carbons (Fsp3) is 0.375. The van der Waals surface area contributed by atoms with Gasteiger partial charge in [-0.1, -0.05) is 0 Å². The molecule has 8 heteroatoms. The summed E-state index contributed by atoms with van der Waals surface area (Å²) >= 11 is 5.20. The monoisotopic (exact) mass is 261 g/mol. The Morgan fingerprint density at radius 3 is 2.31 bits per heavy atom. The van der Waals surface area contributed by atoms with Crippen LogP contribution in [0.4, 0.5) is 22.0 Å². The zero-order chi connectivity index (χ0) is 12.5. The van der Waals surface area contributed by atoms with E-state index in [1.807, 2.05) is 4.98 Å². The Morgan fingerprint density at radius 2 is 1.94 bits per heavy atom. The van der Waals surface area contributed by atoms with Gasteiger partial charge >= 0.3 is 6.18 Å². The first-order valence-electron chi connectivity index (χ1n) is 3.94. The minimum absolute atomic E-state index is 0.0948. The molecule has 1 heterocycles. The second-order valence-corrected chi connectivity index (χ2v) is 3.14. The molecule has 0 aliphatic rings. The predicted octanol–water partition coefficient (Wildman–Crippen LogP) is 3.07. The van der Waals surface area contributed by atoms with Crippen LogP contribution in [0.25, 0.3) is 0 Å². The number of hydrogen-bond donors (Lipinski definition) is 1. The third kappa shape index (κ3) is 2.52. The Morgan fingerprint density at radius 1 is 1.38 bits per heavy atom. The number of hydrogen-bond acceptors (Lipinski definition) is 1. The van der Waals surface area contributed by atoms with Crippen LogP contribution >= 0.6 is 11.6 Å². The molecular weight excluding hydrogens is 257 g/mol. The van der Waals surface area contributed by atoms with Crippen LogP contribution in [0, 0.1) is 0 Å². The molecule has 0 aliphatic heterocycles. The SMILES string of the molecule is O=c1cc(C(F)(F)F)c(C(F)F)c(CCl)[nH]1. The number of aromatic amines is 1. The summed E-state index contributed by atoms with van der Waals surface area (Å²) < 4.78 is 62.0. The van der Waals surface area contributed by atoms with Gasteiger partial charge in [0.15, 0.2) is 0 Å². The van der Waals surface area contributed by atoms with Gasteiger partial charge in [0.25, 0.3) is 6.43 Å². The fourth-order valence-electron chi connectivity index (χ4n) is 1.21. The number of alkyl halides is 6. The van der Waals surface area contributed by atoms with E-state index in [0.29, 0.717) is 0 Å². The summed E-state index contributed by atoms with van der Waals surface area (Å²) in [6, 6.07) is 0.0948. The van der Waals surface area contributed by atoms with Crippen molar-refractivity contribution >= 4 is 11.6 Å². The van der Waals surface area contributed by atoms with E-state index in [0.717, 1.165) is 0 Å². The molecule has 0 saturated heterocycles. The van der Waals surface area contributed by atoms with Crippen LogP contribution in [-0.2, 0) is 12.1 Å². The summed E-state index contributed by atoms with van der Waals surface area (Å²) in [5, 5.41) is 0. The highest BCUT2D eigenvalue weighted by Gasteiger charge is 2.37. The van der Waals surface area contributed by atoms with Crippen molar-refractivity contribution in [2.45, 2.75) is 18.5 Å². The van der Waals surface area contributed by atoms with Gasteiger partial charge in [-0.3, -0.25) is 4.79 Å². The van der Waals surface area contributed by atoms with E-state index in [1.165, 1.54) is 0 Å². The molecule has 0 unspecified atom stereocenters. The highest BCUT2D eigenvalue weighted by Crippen LogP contribution is 2.36.